The Morgan fingerprint density at radius 3 is 2.50 bits per heavy atom. The van der Waals surface area contributed by atoms with E-state index in [1.807, 2.05) is 48.5 Å². The minimum absolute atomic E-state index is 0.00122. The Bertz CT molecular complexity index is 1250. The molecule has 2 amide bonds. The van der Waals surface area contributed by atoms with Crippen molar-refractivity contribution in [2.45, 2.75) is 96.9 Å². The number of aliphatic hydroxyl groups excluding tert-OH is 1. The lowest BCUT2D eigenvalue weighted by Gasteiger charge is -2.41. The zero-order valence-electron chi connectivity index (χ0n) is 25.0. The molecule has 42 heavy (non-hydrogen) atoms. The van der Waals surface area contributed by atoms with E-state index in [2.05, 4.69) is 31.0 Å². The lowest BCUT2D eigenvalue weighted by atomic mass is 9.65. The Morgan fingerprint density at radius 1 is 1.00 bits per heavy atom. The van der Waals surface area contributed by atoms with Crippen molar-refractivity contribution in [2.24, 2.45) is 10.8 Å². The second-order valence-corrected chi connectivity index (χ2v) is 13.6. The van der Waals surface area contributed by atoms with E-state index in [0.717, 1.165) is 36.2 Å². The summed E-state index contributed by atoms with van der Waals surface area (Å²) in [6, 6.07) is 16.0. The molecule has 9 heteroatoms. The molecule has 0 aromatic heterocycles. The first-order chi connectivity index (χ1) is 20.0. The molecule has 9 nitrogen and oxygen atoms in total. The van der Waals surface area contributed by atoms with Crippen LogP contribution in [0.5, 0.6) is 0 Å². The molecular formula is C33H45N3O6. The summed E-state index contributed by atoms with van der Waals surface area (Å²) in [7, 11) is 0. The third-order valence-electron chi connectivity index (χ3n) is 8.95. The van der Waals surface area contributed by atoms with Crippen LogP contribution in [0.15, 0.2) is 48.5 Å². The molecule has 0 radical (unpaired) electrons. The first-order valence-corrected chi connectivity index (χ1v) is 15.1. The van der Waals surface area contributed by atoms with Gasteiger partial charge in [-0.25, -0.2) is 5.48 Å². The van der Waals surface area contributed by atoms with Crippen LogP contribution in [0.2, 0.25) is 0 Å². The van der Waals surface area contributed by atoms with Gasteiger partial charge in [0.15, 0.2) is 6.29 Å². The van der Waals surface area contributed by atoms with Crippen LogP contribution in [0.3, 0.4) is 0 Å². The van der Waals surface area contributed by atoms with Gasteiger partial charge in [-0.15, -0.1) is 0 Å². The Morgan fingerprint density at radius 2 is 1.76 bits per heavy atom. The van der Waals surface area contributed by atoms with Crippen LogP contribution < -0.4 is 10.8 Å². The van der Waals surface area contributed by atoms with Gasteiger partial charge >= 0.3 is 0 Å². The first-order valence-electron chi connectivity index (χ1n) is 15.1. The summed E-state index contributed by atoms with van der Waals surface area (Å²) in [6.45, 7) is 9.15. The highest BCUT2D eigenvalue weighted by Crippen LogP contribution is 2.53. The lowest BCUT2D eigenvalue weighted by molar-refractivity contribution is -0.253. The SMILES string of the molecule is CC1(C)CC2CC(C)(CN2C[C@@H]2C[C@H](c3ccc(CO)cc3)O[C@H](c3cccc(NC(=O)CCCC(=O)NO)c3)O2)C1. The smallest absolute Gasteiger partial charge is 0.243 e. The Hall–Kier alpha value is -2.82. The zero-order valence-corrected chi connectivity index (χ0v) is 25.0. The predicted molar refractivity (Wildman–Crippen MR) is 158 cm³/mol. The largest absolute Gasteiger partial charge is 0.392 e. The molecule has 2 bridgehead atoms. The fourth-order valence-electron chi connectivity index (χ4n) is 7.54. The number of benzene rings is 2. The maximum Gasteiger partial charge on any atom is 0.243 e. The second-order valence-electron chi connectivity index (χ2n) is 13.6. The molecule has 3 aliphatic rings. The van der Waals surface area contributed by atoms with Gasteiger partial charge in [-0.05, 0) is 59.8 Å². The number of rotatable bonds is 10. The molecule has 5 rings (SSSR count). The lowest BCUT2D eigenvalue weighted by Crippen LogP contribution is -2.42. The quantitative estimate of drug-likeness (QED) is 0.224. The number of aliphatic hydroxyl groups is 1. The van der Waals surface area contributed by atoms with Crippen molar-refractivity contribution in [1.82, 2.24) is 10.4 Å². The summed E-state index contributed by atoms with van der Waals surface area (Å²) >= 11 is 0. The second kappa shape index (κ2) is 12.8. The van der Waals surface area contributed by atoms with Gasteiger partial charge in [0.05, 0.1) is 18.8 Å². The van der Waals surface area contributed by atoms with Gasteiger partial charge in [0.1, 0.15) is 0 Å². The number of hydroxylamine groups is 1. The van der Waals surface area contributed by atoms with E-state index in [0.29, 0.717) is 29.0 Å². The number of ether oxygens (including phenoxy) is 2. The van der Waals surface area contributed by atoms with Crippen molar-refractivity contribution in [3.63, 3.8) is 0 Å². The highest BCUT2D eigenvalue weighted by Gasteiger charge is 2.50. The Balaban J connectivity index is 1.31. The van der Waals surface area contributed by atoms with Gasteiger partial charge in [-0.2, -0.15) is 0 Å². The molecule has 2 unspecified atom stereocenters. The van der Waals surface area contributed by atoms with E-state index in [4.69, 9.17) is 14.7 Å². The molecule has 2 aromatic rings. The number of anilines is 1. The number of nitrogens with one attached hydrogen (secondary N) is 2. The summed E-state index contributed by atoms with van der Waals surface area (Å²) in [4.78, 5) is 26.3. The van der Waals surface area contributed by atoms with Crippen LogP contribution >= 0.6 is 0 Å². The molecule has 2 aromatic carbocycles. The van der Waals surface area contributed by atoms with Gasteiger partial charge in [0.2, 0.25) is 11.8 Å². The molecule has 228 valence electrons. The number of likely N-dealkylation sites (tertiary alicyclic amines) is 1. The minimum atomic E-state index is -0.606. The first kappa shape index (κ1) is 30.6. The number of hydrogen-bond donors (Lipinski definition) is 4. The third kappa shape index (κ3) is 7.57. The highest BCUT2D eigenvalue weighted by atomic mass is 16.7. The van der Waals surface area contributed by atoms with Crippen LogP contribution in [0, 0.1) is 10.8 Å². The van der Waals surface area contributed by atoms with Crippen molar-refractivity contribution in [3.8, 4) is 0 Å². The molecule has 3 fully saturated rings. The summed E-state index contributed by atoms with van der Waals surface area (Å²) in [6.07, 6.45) is 4.17. The maximum atomic E-state index is 12.5. The fraction of sp³-hybridized carbons (Fsp3) is 0.576. The molecular weight excluding hydrogens is 534 g/mol. The van der Waals surface area contributed by atoms with Crippen LogP contribution in [-0.2, 0) is 25.7 Å². The summed E-state index contributed by atoms with van der Waals surface area (Å²) in [5.41, 5.74) is 5.63. The average molecular weight is 580 g/mol. The predicted octanol–water partition coefficient (Wildman–Crippen LogP) is 5.24. The van der Waals surface area contributed by atoms with Crippen molar-refractivity contribution < 1.29 is 29.4 Å². The average Bonchev–Trinajstić information content (AvgIpc) is 3.19. The van der Waals surface area contributed by atoms with Crippen molar-refractivity contribution in [1.29, 1.82) is 0 Å². The molecule has 2 saturated heterocycles. The fourth-order valence-corrected chi connectivity index (χ4v) is 7.54. The van der Waals surface area contributed by atoms with Crippen LogP contribution in [-0.4, -0.2) is 52.3 Å². The van der Waals surface area contributed by atoms with E-state index in [-0.39, 0.29) is 37.6 Å². The Labute approximate surface area is 248 Å². The van der Waals surface area contributed by atoms with Crippen molar-refractivity contribution >= 4 is 17.5 Å². The maximum absolute atomic E-state index is 12.5. The van der Waals surface area contributed by atoms with Crippen molar-refractivity contribution in [3.05, 3.63) is 65.2 Å². The van der Waals surface area contributed by atoms with E-state index in [1.54, 1.807) is 5.48 Å². The van der Waals surface area contributed by atoms with Gasteiger partial charge in [0.25, 0.3) is 0 Å². The van der Waals surface area contributed by atoms with Gasteiger partial charge in [-0.3, -0.25) is 19.7 Å². The molecule has 2 aliphatic heterocycles. The van der Waals surface area contributed by atoms with E-state index >= 15 is 0 Å². The topological polar surface area (TPSA) is 120 Å². The molecule has 4 N–H and O–H groups in total. The molecule has 5 atom stereocenters. The number of hydrogen-bond acceptors (Lipinski definition) is 7. The van der Waals surface area contributed by atoms with Gasteiger partial charge in [0, 0.05) is 49.6 Å². The van der Waals surface area contributed by atoms with Gasteiger partial charge < -0.3 is 19.9 Å². The highest BCUT2D eigenvalue weighted by molar-refractivity contribution is 5.91. The number of fused-ring (bicyclic) bond motifs is 2. The summed E-state index contributed by atoms with van der Waals surface area (Å²) in [5, 5.41) is 21.1. The number of amides is 2. The zero-order chi connectivity index (χ0) is 29.9. The number of carbonyl (C=O) groups excluding carboxylic acids is 2. The standard InChI is InChI=1S/C33H45N3O6/c1-32(2)16-26-17-33(3,20-32)21-36(26)18-27-15-28(23-12-10-22(19-37)11-13-23)42-31(41-27)24-6-4-7-25(14-24)34-29(38)8-5-9-30(39)35-40/h4,6-7,10-14,26-28,31,37,40H,5,8-9,15-21H2,1-3H3,(H,34,38)(H,35,39)/t26?,27-,28+,31+,33?/m0/s1. The number of nitrogens with zero attached hydrogens (tertiary/aromatic N) is 1. The monoisotopic (exact) mass is 579 g/mol. The molecule has 2 heterocycles. The number of carbonyl (C=O) groups is 2. The molecule has 0 spiro atoms. The van der Waals surface area contributed by atoms with Crippen LogP contribution in [0.4, 0.5) is 5.69 Å². The normalized spacial score (nSPS) is 28.8. The molecule has 1 aliphatic carbocycles. The minimum Gasteiger partial charge on any atom is -0.392 e. The third-order valence-corrected chi connectivity index (χ3v) is 8.95. The summed E-state index contributed by atoms with van der Waals surface area (Å²) < 4.78 is 13.2. The van der Waals surface area contributed by atoms with E-state index < -0.39 is 12.2 Å². The van der Waals surface area contributed by atoms with E-state index in [1.165, 1.54) is 19.3 Å². The molecule has 1 saturated carbocycles. The summed E-state index contributed by atoms with van der Waals surface area (Å²) in [5.74, 6) is -0.721. The van der Waals surface area contributed by atoms with E-state index in [9.17, 15) is 14.7 Å². The Kier molecular flexibility index (Phi) is 9.34. The van der Waals surface area contributed by atoms with Gasteiger partial charge in [-0.1, -0.05) is 57.2 Å². The van der Waals surface area contributed by atoms with Crippen LogP contribution in [0.1, 0.15) is 94.8 Å². The van der Waals surface area contributed by atoms with Crippen molar-refractivity contribution in [2.75, 3.05) is 18.4 Å². The van der Waals surface area contributed by atoms with Crippen LogP contribution in [0.25, 0.3) is 0 Å².